The molecule has 1 saturated heterocycles. The van der Waals surface area contributed by atoms with Gasteiger partial charge in [0.05, 0.1) is 11.1 Å². The van der Waals surface area contributed by atoms with Gasteiger partial charge in [-0.25, -0.2) is 0 Å². The fourth-order valence-corrected chi connectivity index (χ4v) is 6.49. The number of nitrogens with zero attached hydrogens (tertiary/aromatic N) is 2. The van der Waals surface area contributed by atoms with Gasteiger partial charge in [-0.2, -0.15) is 0 Å². The van der Waals surface area contributed by atoms with Gasteiger partial charge in [-0.1, -0.05) is 48.0 Å². The molecule has 3 aromatic rings. The molecule has 1 N–H and O–H groups in total. The number of benzene rings is 2. The van der Waals surface area contributed by atoms with E-state index in [1.807, 2.05) is 78.5 Å². The van der Waals surface area contributed by atoms with Gasteiger partial charge in [0.2, 0.25) is 0 Å². The Morgan fingerprint density at radius 2 is 1.80 bits per heavy atom. The van der Waals surface area contributed by atoms with Crippen LogP contribution in [-0.4, -0.2) is 34.7 Å². The summed E-state index contributed by atoms with van der Waals surface area (Å²) in [6, 6.07) is 19.2. The Morgan fingerprint density at radius 1 is 1.03 bits per heavy atom. The first kappa shape index (κ1) is 17.9. The predicted molar refractivity (Wildman–Crippen MR) is 115 cm³/mol. The van der Waals surface area contributed by atoms with Crippen LogP contribution < -0.4 is 5.32 Å². The number of hydrogen-bond acceptors (Lipinski definition) is 3. The largest absolute Gasteiger partial charge is 0.344 e. The van der Waals surface area contributed by atoms with Crippen molar-refractivity contribution < 1.29 is 9.59 Å². The normalized spacial score (nSPS) is 29.6. The summed E-state index contributed by atoms with van der Waals surface area (Å²) in [5, 5.41) is 3.69. The Morgan fingerprint density at radius 3 is 2.60 bits per heavy atom. The molecule has 2 spiro atoms. The second-order valence-corrected chi connectivity index (χ2v) is 8.89. The fraction of sp³-hybridized carbons (Fsp3) is 0.250. The smallest absolute Gasteiger partial charge is 0.250 e. The third-order valence-electron chi connectivity index (χ3n) is 7.33. The average Bonchev–Trinajstić information content (AvgIpc) is 3.44. The number of amides is 1. The van der Waals surface area contributed by atoms with E-state index in [9.17, 15) is 9.59 Å². The van der Waals surface area contributed by atoms with Crippen molar-refractivity contribution in [1.29, 1.82) is 0 Å². The number of para-hydroxylation sites is 1. The molecule has 30 heavy (non-hydrogen) atoms. The van der Waals surface area contributed by atoms with Crippen molar-refractivity contribution in [3.63, 3.8) is 0 Å². The number of rotatable bonds is 1. The lowest BCUT2D eigenvalue weighted by Crippen LogP contribution is -2.58. The Labute approximate surface area is 179 Å². The van der Waals surface area contributed by atoms with Crippen LogP contribution in [0.5, 0.6) is 0 Å². The Kier molecular flexibility index (Phi) is 3.49. The molecule has 0 unspecified atom stereocenters. The SMILES string of the molecule is CN1C[C@@H](c2ccccc2Cl)[C@@]2(Cn3cccc3C2=O)[C@@]12C(=O)Nc1ccccc12. The molecule has 3 aliphatic heterocycles. The number of aromatic nitrogens is 1. The van der Waals surface area contributed by atoms with Crippen molar-refractivity contribution in [2.75, 3.05) is 18.9 Å². The quantitative estimate of drug-likeness (QED) is 0.653. The first-order chi connectivity index (χ1) is 14.5. The van der Waals surface area contributed by atoms with E-state index in [0.717, 1.165) is 16.8 Å². The van der Waals surface area contributed by atoms with E-state index in [2.05, 4.69) is 10.2 Å². The molecule has 0 bridgehead atoms. The number of carbonyl (C=O) groups excluding carboxylic acids is 2. The summed E-state index contributed by atoms with van der Waals surface area (Å²) in [6.45, 7) is 0.998. The maximum atomic E-state index is 14.2. The summed E-state index contributed by atoms with van der Waals surface area (Å²) in [5.74, 6) is -0.353. The maximum Gasteiger partial charge on any atom is 0.250 e. The van der Waals surface area contributed by atoms with Crippen molar-refractivity contribution >= 4 is 29.0 Å². The molecular formula is C24H20ClN3O2. The average molecular weight is 418 g/mol. The zero-order valence-corrected chi connectivity index (χ0v) is 17.2. The molecule has 0 aliphatic carbocycles. The minimum Gasteiger partial charge on any atom is -0.344 e. The number of carbonyl (C=O) groups is 2. The van der Waals surface area contributed by atoms with Crippen LogP contribution in [0.4, 0.5) is 5.69 Å². The van der Waals surface area contributed by atoms with Crippen LogP contribution in [0.1, 0.15) is 27.5 Å². The molecule has 6 rings (SSSR count). The topological polar surface area (TPSA) is 54.3 Å². The van der Waals surface area contributed by atoms with Crippen LogP contribution in [0, 0.1) is 5.41 Å². The van der Waals surface area contributed by atoms with E-state index in [4.69, 9.17) is 11.6 Å². The zero-order chi connectivity index (χ0) is 20.7. The highest BCUT2D eigenvalue weighted by atomic mass is 35.5. The van der Waals surface area contributed by atoms with E-state index >= 15 is 0 Å². The first-order valence-corrected chi connectivity index (χ1v) is 10.5. The van der Waals surface area contributed by atoms with E-state index in [0.29, 0.717) is 23.8 Å². The van der Waals surface area contributed by atoms with Gasteiger partial charge in [0, 0.05) is 41.5 Å². The Balaban J connectivity index is 1.69. The number of ketones is 1. The van der Waals surface area contributed by atoms with Crippen molar-refractivity contribution in [1.82, 2.24) is 9.47 Å². The minimum atomic E-state index is -1.09. The summed E-state index contributed by atoms with van der Waals surface area (Å²) in [5.41, 5.74) is 1.13. The highest BCUT2D eigenvalue weighted by Gasteiger charge is 2.75. The lowest BCUT2D eigenvalue weighted by Gasteiger charge is -2.43. The highest BCUT2D eigenvalue weighted by Crippen LogP contribution is 2.65. The molecule has 0 radical (unpaired) electrons. The number of nitrogens with one attached hydrogen (secondary N) is 1. The zero-order valence-electron chi connectivity index (χ0n) is 16.4. The fourth-order valence-electron chi connectivity index (χ4n) is 6.22. The standard InChI is InChI=1S/C24H20ClN3O2/c1-27-13-17(15-7-2-4-9-18(15)25)23(14-28-12-6-11-20(28)21(23)29)24(27)16-8-3-5-10-19(16)26-22(24)30/h2-12,17H,13-14H2,1H3,(H,26,30)/t17-,23+,24+/m0/s1. The summed E-state index contributed by atoms with van der Waals surface area (Å²) in [6.07, 6.45) is 1.93. The highest BCUT2D eigenvalue weighted by molar-refractivity contribution is 6.31. The number of likely N-dealkylation sites (tertiary alicyclic amines) is 1. The molecule has 0 saturated carbocycles. The van der Waals surface area contributed by atoms with Crippen LogP contribution in [0.3, 0.4) is 0 Å². The Hall–Kier alpha value is -2.89. The lowest BCUT2D eigenvalue weighted by atomic mass is 9.59. The second-order valence-electron chi connectivity index (χ2n) is 8.49. The summed E-state index contributed by atoms with van der Waals surface area (Å²) in [4.78, 5) is 30.0. The molecule has 1 fully saturated rings. The third-order valence-corrected chi connectivity index (χ3v) is 7.68. The lowest BCUT2D eigenvalue weighted by molar-refractivity contribution is -0.130. The van der Waals surface area contributed by atoms with Gasteiger partial charge in [-0.15, -0.1) is 0 Å². The number of anilines is 1. The van der Waals surface area contributed by atoms with E-state index in [-0.39, 0.29) is 17.6 Å². The molecule has 3 atom stereocenters. The van der Waals surface area contributed by atoms with Crippen LogP contribution >= 0.6 is 11.6 Å². The van der Waals surface area contributed by atoms with E-state index < -0.39 is 11.0 Å². The summed E-state index contributed by atoms with van der Waals surface area (Å²) >= 11 is 6.64. The number of Topliss-reactive ketones (excluding diaryl/α,β-unsaturated/α-hetero) is 1. The van der Waals surface area contributed by atoms with Crippen molar-refractivity contribution in [3.05, 3.63) is 88.7 Å². The van der Waals surface area contributed by atoms with Crippen molar-refractivity contribution in [3.8, 4) is 0 Å². The molecular weight excluding hydrogens is 398 g/mol. The van der Waals surface area contributed by atoms with Gasteiger partial charge >= 0.3 is 0 Å². The third kappa shape index (κ3) is 1.84. The van der Waals surface area contributed by atoms with Crippen molar-refractivity contribution in [2.45, 2.75) is 18.0 Å². The predicted octanol–water partition coefficient (Wildman–Crippen LogP) is 3.90. The maximum absolute atomic E-state index is 14.2. The Bertz CT molecular complexity index is 1230. The molecule has 4 heterocycles. The first-order valence-electron chi connectivity index (χ1n) is 10.1. The van der Waals surface area contributed by atoms with Gasteiger partial charge in [0.1, 0.15) is 5.54 Å². The van der Waals surface area contributed by atoms with E-state index in [1.165, 1.54) is 0 Å². The molecule has 150 valence electrons. The molecule has 3 aliphatic rings. The molecule has 1 amide bonds. The molecule has 5 nitrogen and oxygen atoms in total. The van der Waals surface area contributed by atoms with Crippen LogP contribution in [0.2, 0.25) is 5.02 Å². The number of likely N-dealkylation sites (N-methyl/N-ethyl adjacent to an activating group) is 1. The van der Waals surface area contributed by atoms with Crippen molar-refractivity contribution in [2.24, 2.45) is 5.41 Å². The van der Waals surface area contributed by atoms with Gasteiger partial charge in [0.15, 0.2) is 5.78 Å². The number of hydrogen-bond donors (Lipinski definition) is 1. The van der Waals surface area contributed by atoms with Gasteiger partial charge in [-0.05, 0) is 36.9 Å². The number of halogens is 1. The molecule has 1 aromatic heterocycles. The summed E-state index contributed by atoms with van der Waals surface area (Å²) < 4.78 is 1.99. The minimum absolute atomic E-state index is 0.00798. The number of fused-ring (bicyclic) bond motifs is 4. The van der Waals surface area contributed by atoms with Crippen LogP contribution in [-0.2, 0) is 16.9 Å². The van der Waals surface area contributed by atoms with Gasteiger partial charge in [0.25, 0.3) is 5.91 Å². The van der Waals surface area contributed by atoms with E-state index in [1.54, 1.807) is 0 Å². The molecule has 2 aromatic carbocycles. The van der Waals surface area contributed by atoms with Crippen LogP contribution in [0.25, 0.3) is 0 Å². The van der Waals surface area contributed by atoms with Gasteiger partial charge in [-0.3, -0.25) is 14.5 Å². The monoisotopic (exact) mass is 417 g/mol. The second kappa shape index (κ2) is 5.84. The summed E-state index contributed by atoms with van der Waals surface area (Å²) in [7, 11) is 1.95. The van der Waals surface area contributed by atoms with Crippen LogP contribution in [0.15, 0.2) is 66.9 Å². The molecule has 6 heteroatoms. The van der Waals surface area contributed by atoms with Gasteiger partial charge < -0.3 is 9.88 Å².